The molecule has 1 aromatic heterocycles. The van der Waals surface area contributed by atoms with Crippen molar-refractivity contribution in [2.24, 2.45) is 0 Å². The van der Waals surface area contributed by atoms with Gasteiger partial charge in [-0.15, -0.1) is 0 Å². The highest BCUT2D eigenvalue weighted by Crippen LogP contribution is 2.67. The van der Waals surface area contributed by atoms with Crippen molar-refractivity contribution in [3.05, 3.63) is 89.2 Å². The molecule has 5 rings (SSSR count). The Morgan fingerprint density at radius 2 is 1.83 bits per heavy atom. The number of benzene rings is 2. The van der Waals surface area contributed by atoms with E-state index in [0.717, 1.165) is 30.7 Å². The van der Waals surface area contributed by atoms with Crippen LogP contribution in [-0.4, -0.2) is 56.5 Å². The average molecular weight is 488 g/mol. The SMILES string of the molecule is COCCN(C)C.COc1cncc2c1C1(O)CCC(c3ccccc3)C1(c1ccc(C#N)cc1)O2. The van der Waals surface area contributed by atoms with E-state index in [9.17, 15) is 10.4 Å². The lowest BCUT2D eigenvalue weighted by atomic mass is 9.71. The Kier molecular flexibility index (Phi) is 7.60. The lowest BCUT2D eigenvalue weighted by Crippen LogP contribution is -2.48. The van der Waals surface area contributed by atoms with E-state index in [4.69, 9.17) is 14.2 Å². The molecule has 0 bridgehead atoms. The van der Waals surface area contributed by atoms with Gasteiger partial charge in [-0.25, -0.2) is 0 Å². The van der Waals surface area contributed by atoms with E-state index < -0.39 is 11.2 Å². The van der Waals surface area contributed by atoms with E-state index in [2.05, 4.69) is 28.1 Å². The van der Waals surface area contributed by atoms with Crippen molar-refractivity contribution >= 4 is 0 Å². The number of hydrogen-bond donors (Lipinski definition) is 1. The molecule has 0 saturated heterocycles. The Morgan fingerprint density at radius 3 is 2.42 bits per heavy atom. The van der Waals surface area contributed by atoms with Gasteiger partial charge in [0.25, 0.3) is 0 Å². The number of likely N-dealkylation sites (N-methyl/N-ethyl adjacent to an activating group) is 1. The molecule has 1 saturated carbocycles. The molecule has 1 N–H and O–H groups in total. The maximum absolute atomic E-state index is 12.2. The van der Waals surface area contributed by atoms with Crippen molar-refractivity contribution in [2.75, 3.05) is 41.5 Å². The number of rotatable bonds is 6. The fourth-order valence-corrected chi connectivity index (χ4v) is 5.38. The minimum absolute atomic E-state index is 0.0706. The van der Waals surface area contributed by atoms with E-state index in [-0.39, 0.29) is 5.92 Å². The summed E-state index contributed by atoms with van der Waals surface area (Å²) in [6.07, 6.45) is 4.54. The van der Waals surface area contributed by atoms with Gasteiger partial charge < -0.3 is 24.2 Å². The number of hydrogen-bond acceptors (Lipinski definition) is 7. The van der Waals surface area contributed by atoms with E-state index in [0.29, 0.717) is 29.0 Å². The van der Waals surface area contributed by atoms with E-state index in [1.807, 2.05) is 44.4 Å². The number of ether oxygens (including phenoxy) is 3. The Balaban J connectivity index is 0.000000384. The fourth-order valence-electron chi connectivity index (χ4n) is 5.38. The molecule has 0 spiro atoms. The molecule has 3 atom stereocenters. The van der Waals surface area contributed by atoms with Gasteiger partial charge in [0.1, 0.15) is 17.1 Å². The first-order chi connectivity index (χ1) is 17.4. The second-order valence-corrected chi connectivity index (χ2v) is 9.40. The first kappa shape index (κ1) is 25.6. The molecule has 1 aliphatic carbocycles. The third-order valence-electron chi connectivity index (χ3n) is 7.07. The van der Waals surface area contributed by atoms with Crippen molar-refractivity contribution < 1.29 is 19.3 Å². The Labute approximate surface area is 212 Å². The first-order valence-corrected chi connectivity index (χ1v) is 12.0. The molecular weight excluding hydrogens is 454 g/mol. The van der Waals surface area contributed by atoms with Crippen LogP contribution in [0.3, 0.4) is 0 Å². The molecule has 1 aliphatic heterocycles. The van der Waals surface area contributed by atoms with Crippen LogP contribution in [0.15, 0.2) is 67.0 Å². The van der Waals surface area contributed by atoms with E-state index >= 15 is 0 Å². The minimum atomic E-state index is -1.27. The summed E-state index contributed by atoms with van der Waals surface area (Å²) in [6.45, 7) is 1.84. The monoisotopic (exact) mass is 487 g/mol. The zero-order chi connectivity index (χ0) is 25.8. The standard InChI is InChI=1S/C24H20N2O3.C5H13NO/c1-28-20-14-26-15-21-22(20)23(27)12-11-19(17-5-3-2-4-6-17)24(23,29-21)18-9-7-16(13-25)8-10-18;1-6(2)4-5-7-3/h2-10,14-15,19,27H,11-12H2,1H3;4-5H2,1-3H3. The summed E-state index contributed by atoms with van der Waals surface area (Å²) in [5.41, 5.74) is 0.860. The van der Waals surface area contributed by atoms with Gasteiger partial charge in [0.05, 0.1) is 43.3 Å². The molecule has 3 unspecified atom stereocenters. The van der Waals surface area contributed by atoms with Gasteiger partial charge in [-0.2, -0.15) is 5.26 Å². The number of nitriles is 1. The lowest BCUT2D eigenvalue weighted by molar-refractivity contribution is -0.106. The molecule has 3 aromatic rings. The number of aromatic nitrogens is 1. The van der Waals surface area contributed by atoms with Crippen molar-refractivity contribution in [3.8, 4) is 17.6 Å². The van der Waals surface area contributed by atoms with Crippen molar-refractivity contribution in [1.29, 1.82) is 5.26 Å². The molecule has 2 aliphatic rings. The zero-order valence-corrected chi connectivity index (χ0v) is 21.3. The number of nitrogens with zero attached hydrogens (tertiary/aromatic N) is 3. The minimum Gasteiger partial charge on any atom is -0.495 e. The molecule has 1 fully saturated rings. The highest BCUT2D eigenvalue weighted by molar-refractivity contribution is 5.57. The van der Waals surface area contributed by atoms with Gasteiger partial charge in [0.15, 0.2) is 5.60 Å². The summed E-state index contributed by atoms with van der Waals surface area (Å²) in [5.74, 6) is 0.991. The lowest BCUT2D eigenvalue weighted by Gasteiger charge is -2.40. The maximum Gasteiger partial charge on any atom is 0.174 e. The summed E-state index contributed by atoms with van der Waals surface area (Å²) in [4.78, 5) is 6.32. The van der Waals surface area contributed by atoms with Crippen LogP contribution in [-0.2, 0) is 15.9 Å². The largest absolute Gasteiger partial charge is 0.495 e. The van der Waals surface area contributed by atoms with Crippen LogP contribution in [0.2, 0.25) is 0 Å². The van der Waals surface area contributed by atoms with Crippen LogP contribution in [0.1, 0.15) is 41.0 Å². The quantitative estimate of drug-likeness (QED) is 0.557. The molecule has 2 heterocycles. The van der Waals surface area contributed by atoms with Crippen molar-refractivity contribution in [3.63, 3.8) is 0 Å². The molecule has 2 aromatic carbocycles. The molecule has 7 heteroatoms. The Bertz CT molecular complexity index is 1210. The van der Waals surface area contributed by atoms with Gasteiger partial charge in [-0.1, -0.05) is 42.5 Å². The van der Waals surface area contributed by atoms with Crippen molar-refractivity contribution in [1.82, 2.24) is 9.88 Å². The summed E-state index contributed by atoms with van der Waals surface area (Å²) >= 11 is 0. The van der Waals surface area contributed by atoms with E-state index in [1.54, 1.807) is 38.7 Å². The predicted octanol–water partition coefficient (Wildman–Crippen LogP) is 4.21. The molecule has 7 nitrogen and oxygen atoms in total. The number of methoxy groups -OCH3 is 2. The first-order valence-electron chi connectivity index (χ1n) is 12.0. The highest BCUT2D eigenvalue weighted by atomic mass is 16.5. The summed E-state index contributed by atoms with van der Waals surface area (Å²) in [7, 11) is 7.34. The second-order valence-electron chi connectivity index (χ2n) is 9.40. The van der Waals surface area contributed by atoms with Gasteiger partial charge in [-0.3, -0.25) is 4.98 Å². The summed E-state index contributed by atoms with van der Waals surface area (Å²) < 4.78 is 17.0. The van der Waals surface area contributed by atoms with Gasteiger partial charge in [-0.05, 0) is 50.2 Å². The van der Waals surface area contributed by atoms with Crippen LogP contribution in [0.4, 0.5) is 0 Å². The number of aliphatic hydroxyl groups is 1. The third-order valence-corrected chi connectivity index (χ3v) is 7.07. The molecular formula is C29H33N3O4. The number of fused-ring (bicyclic) bond motifs is 3. The van der Waals surface area contributed by atoms with Gasteiger partial charge >= 0.3 is 0 Å². The van der Waals surface area contributed by atoms with Crippen LogP contribution >= 0.6 is 0 Å². The van der Waals surface area contributed by atoms with E-state index in [1.165, 1.54) is 0 Å². The summed E-state index contributed by atoms with van der Waals surface area (Å²) in [5, 5.41) is 21.4. The van der Waals surface area contributed by atoms with Crippen LogP contribution < -0.4 is 9.47 Å². The predicted molar refractivity (Wildman–Crippen MR) is 137 cm³/mol. The van der Waals surface area contributed by atoms with Gasteiger partial charge in [0, 0.05) is 19.6 Å². The van der Waals surface area contributed by atoms with Crippen LogP contribution in [0.5, 0.6) is 11.5 Å². The molecule has 188 valence electrons. The van der Waals surface area contributed by atoms with Crippen molar-refractivity contribution in [2.45, 2.75) is 30.0 Å². The highest BCUT2D eigenvalue weighted by Gasteiger charge is 2.69. The average Bonchev–Trinajstić information content (AvgIpc) is 3.35. The molecule has 0 radical (unpaired) electrons. The number of pyridine rings is 1. The topological polar surface area (TPSA) is 87.8 Å². The normalized spacial score (nSPS) is 23.6. The molecule has 0 amide bonds. The van der Waals surface area contributed by atoms with Crippen LogP contribution in [0.25, 0.3) is 0 Å². The van der Waals surface area contributed by atoms with Gasteiger partial charge in [0.2, 0.25) is 0 Å². The Hall–Kier alpha value is -3.44. The Morgan fingerprint density at radius 1 is 1.11 bits per heavy atom. The fraction of sp³-hybridized carbons (Fsp3) is 0.379. The second kappa shape index (κ2) is 10.7. The zero-order valence-electron chi connectivity index (χ0n) is 21.3. The van der Waals surface area contributed by atoms with Crippen LogP contribution in [0, 0.1) is 11.3 Å². The smallest absolute Gasteiger partial charge is 0.174 e. The molecule has 36 heavy (non-hydrogen) atoms. The third kappa shape index (κ3) is 4.33. The summed E-state index contributed by atoms with van der Waals surface area (Å²) in [6, 6.07) is 19.6. The maximum atomic E-state index is 12.2.